The Hall–Kier alpha value is -1.91. The number of carbonyl (C=O) groups excluding carboxylic acids is 1. The van der Waals surface area contributed by atoms with Gasteiger partial charge in [0, 0.05) is 18.1 Å². The van der Waals surface area contributed by atoms with E-state index in [2.05, 4.69) is 0 Å². The quantitative estimate of drug-likeness (QED) is 0.437. The molecule has 16 heavy (non-hydrogen) atoms. The largest absolute Gasteiger partial charge is 0.490 e. The predicted octanol–water partition coefficient (Wildman–Crippen LogP) is 2.59. The Morgan fingerprint density at radius 1 is 1.50 bits per heavy atom. The van der Waals surface area contributed by atoms with Gasteiger partial charge < -0.3 is 4.74 Å². The number of nitro benzene ring substituents is 1. The normalized spacial score (nSPS) is 9.88. The highest BCUT2D eigenvalue weighted by atomic mass is 16.6. The number of nitro groups is 1. The molecule has 0 amide bonds. The van der Waals surface area contributed by atoms with Crippen LogP contribution in [0.1, 0.15) is 30.1 Å². The van der Waals surface area contributed by atoms with Crippen LogP contribution in [0, 0.1) is 10.1 Å². The Labute approximate surface area is 93.2 Å². The SMILES string of the molecule is CCCC(=O)c1ccc([N+](=O)[O-])c(OC)c1. The molecule has 0 atom stereocenters. The summed E-state index contributed by atoms with van der Waals surface area (Å²) in [5.41, 5.74) is 0.319. The van der Waals surface area contributed by atoms with Crippen molar-refractivity contribution < 1.29 is 14.5 Å². The number of hydrogen-bond donors (Lipinski definition) is 0. The standard InChI is InChI=1S/C11H13NO4/c1-3-4-10(13)8-5-6-9(12(14)15)11(7-8)16-2/h5-7H,3-4H2,1-2H3. The summed E-state index contributed by atoms with van der Waals surface area (Å²) in [6, 6.07) is 4.16. The molecule has 0 heterocycles. The number of hydrogen-bond acceptors (Lipinski definition) is 4. The maximum absolute atomic E-state index is 11.6. The fraction of sp³-hybridized carbons (Fsp3) is 0.364. The van der Waals surface area contributed by atoms with E-state index in [1.807, 2.05) is 6.92 Å². The number of nitrogens with zero attached hydrogens (tertiary/aromatic N) is 1. The van der Waals surface area contributed by atoms with Crippen molar-refractivity contribution in [1.82, 2.24) is 0 Å². The van der Waals surface area contributed by atoms with Crippen molar-refractivity contribution in [2.24, 2.45) is 0 Å². The molecule has 5 nitrogen and oxygen atoms in total. The number of rotatable bonds is 5. The van der Waals surface area contributed by atoms with Crippen LogP contribution in [-0.4, -0.2) is 17.8 Å². The third kappa shape index (κ3) is 2.56. The minimum absolute atomic E-state index is 0.0318. The molecule has 86 valence electrons. The first-order valence-corrected chi connectivity index (χ1v) is 4.95. The van der Waals surface area contributed by atoms with Crippen LogP contribution in [-0.2, 0) is 0 Å². The molecule has 0 aromatic heterocycles. The Morgan fingerprint density at radius 2 is 2.19 bits per heavy atom. The van der Waals surface area contributed by atoms with E-state index in [0.717, 1.165) is 6.42 Å². The van der Waals surface area contributed by atoms with Gasteiger partial charge >= 0.3 is 5.69 Å². The van der Waals surface area contributed by atoms with E-state index in [1.165, 1.54) is 25.3 Å². The molecule has 0 unspecified atom stereocenters. The van der Waals surface area contributed by atoms with Gasteiger partial charge in [0.15, 0.2) is 11.5 Å². The summed E-state index contributed by atoms with van der Waals surface area (Å²) in [5.74, 6) is 0.0858. The molecule has 0 fully saturated rings. The van der Waals surface area contributed by atoms with Crippen LogP contribution in [0.2, 0.25) is 0 Å². The minimum Gasteiger partial charge on any atom is -0.490 e. The Morgan fingerprint density at radius 3 is 2.69 bits per heavy atom. The van der Waals surface area contributed by atoms with Crippen LogP contribution in [0.3, 0.4) is 0 Å². The molecule has 1 aromatic rings. The lowest BCUT2D eigenvalue weighted by atomic mass is 10.1. The van der Waals surface area contributed by atoms with Gasteiger partial charge in [0.1, 0.15) is 0 Å². The highest BCUT2D eigenvalue weighted by Crippen LogP contribution is 2.27. The van der Waals surface area contributed by atoms with Gasteiger partial charge in [-0.15, -0.1) is 0 Å². The molecule has 0 spiro atoms. The predicted molar refractivity (Wildman–Crippen MR) is 58.9 cm³/mol. The van der Waals surface area contributed by atoms with Crippen LogP contribution in [0.5, 0.6) is 5.75 Å². The van der Waals surface area contributed by atoms with Gasteiger partial charge in [-0.25, -0.2) is 0 Å². The second-order valence-corrected chi connectivity index (χ2v) is 3.32. The summed E-state index contributed by atoms with van der Waals surface area (Å²) in [5, 5.41) is 10.6. The molecule has 0 N–H and O–H groups in total. The van der Waals surface area contributed by atoms with Gasteiger partial charge in [-0.05, 0) is 18.6 Å². The van der Waals surface area contributed by atoms with E-state index in [-0.39, 0.29) is 17.2 Å². The van der Waals surface area contributed by atoms with Crippen LogP contribution in [0.15, 0.2) is 18.2 Å². The number of ether oxygens (including phenoxy) is 1. The molecule has 0 aliphatic rings. The van der Waals surface area contributed by atoms with Crippen molar-refractivity contribution >= 4 is 11.5 Å². The average Bonchev–Trinajstić information content (AvgIpc) is 2.28. The Bertz CT molecular complexity index is 414. The summed E-state index contributed by atoms with van der Waals surface area (Å²) in [6.45, 7) is 1.90. The van der Waals surface area contributed by atoms with E-state index < -0.39 is 4.92 Å². The van der Waals surface area contributed by atoms with Crippen LogP contribution in [0.25, 0.3) is 0 Å². The topological polar surface area (TPSA) is 69.4 Å². The fourth-order valence-electron chi connectivity index (χ4n) is 1.37. The van der Waals surface area contributed by atoms with E-state index >= 15 is 0 Å². The lowest BCUT2D eigenvalue weighted by molar-refractivity contribution is -0.385. The number of Topliss-reactive ketones (excluding diaryl/α,β-unsaturated/α-hetero) is 1. The molecule has 0 aliphatic heterocycles. The molecule has 1 aromatic carbocycles. The maximum atomic E-state index is 11.6. The zero-order valence-corrected chi connectivity index (χ0v) is 9.23. The minimum atomic E-state index is -0.535. The zero-order valence-electron chi connectivity index (χ0n) is 9.23. The molecule has 0 radical (unpaired) electrons. The van der Waals surface area contributed by atoms with E-state index in [4.69, 9.17) is 4.74 Å². The zero-order chi connectivity index (χ0) is 12.1. The summed E-state index contributed by atoms with van der Waals surface area (Å²) in [4.78, 5) is 21.7. The molecular formula is C11H13NO4. The summed E-state index contributed by atoms with van der Waals surface area (Å²) in [7, 11) is 1.34. The lowest BCUT2D eigenvalue weighted by Crippen LogP contribution is -2.00. The summed E-state index contributed by atoms with van der Waals surface area (Å²) < 4.78 is 4.88. The van der Waals surface area contributed by atoms with Crippen LogP contribution >= 0.6 is 0 Å². The molecule has 0 saturated carbocycles. The third-order valence-electron chi connectivity index (χ3n) is 2.18. The van der Waals surface area contributed by atoms with Crippen LogP contribution < -0.4 is 4.74 Å². The first-order chi connectivity index (χ1) is 7.60. The monoisotopic (exact) mass is 223 g/mol. The first-order valence-electron chi connectivity index (χ1n) is 4.95. The van der Waals surface area contributed by atoms with Gasteiger partial charge in [0.25, 0.3) is 0 Å². The summed E-state index contributed by atoms with van der Waals surface area (Å²) >= 11 is 0. The smallest absolute Gasteiger partial charge is 0.310 e. The lowest BCUT2D eigenvalue weighted by Gasteiger charge is -2.04. The Kier molecular flexibility index (Phi) is 3.99. The molecular weight excluding hydrogens is 210 g/mol. The Balaban J connectivity index is 3.08. The molecule has 0 bridgehead atoms. The highest BCUT2D eigenvalue weighted by Gasteiger charge is 2.16. The van der Waals surface area contributed by atoms with Gasteiger partial charge in [-0.3, -0.25) is 14.9 Å². The number of benzene rings is 1. The second-order valence-electron chi connectivity index (χ2n) is 3.32. The van der Waals surface area contributed by atoms with E-state index in [1.54, 1.807) is 0 Å². The number of carbonyl (C=O) groups is 1. The van der Waals surface area contributed by atoms with Crippen molar-refractivity contribution in [3.63, 3.8) is 0 Å². The first kappa shape index (κ1) is 12.2. The van der Waals surface area contributed by atoms with Crippen LogP contribution in [0.4, 0.5) is 5.69 Å². The fourth-order valence-corrected chi connectivity index (χ4v) is 1.37. The van der Waals surface area contributed by atoms with E-state index in [0.29, 0.717) is 12.0 Å². The molecule has 1 rings (SSSR count). The average molecular weight is 223 g/mol. The summed E-state index contributed by atoms with van der Waals surface area (Å²) in [6.07, 6.45) is 1.18. The van der Waals surface area contributed by atoms with Gasteiger partial charge in [0.05, 0.1) is 12.0 Å². The van der Waals surface area contributed by atoms with Crippen molar-refractivity contribution in [3.05, 3.63) is 33.9 Å². The van der Waals surface area contributed by atoms with Crippen molar-refractivity contribution in [2.75, 3.05) is 7.11 Å². The molecule has 0 aliphatic carbocycles. The van der Waals surface area contributed by atoms with E-state index in [9.17, 15) is 14.9 Å². The molecule has 5 heteroatoms. The van der Waals surface area contributed by atoms with Crippen molar-refractivity contribution in [1.29, 1.82) is 0 Å². The van der Waals surface area contributed by atoms with Crippen molar-refractivity contribution in [3.8, 4) is 5.75 Å². The number of methoxy groups -OCH3 is 1. The van der Waals surface area contributed by atoms with Gasteiger partial charge in [-0.2, -0.15) is 0 Å². The number of ketones is 1. The van der Waals surface area contributed by atoms with Gasteiger partial charge in [-0.1, -0.05) is 6.92 Å². The third-order valence-corrected chi connectivity index (χ3v) is 2.18. The maximum Gasteiger partial charge on any atom is 0.310 e. The van der Waals surface area contributed by atoms with Gasteiger partial charge in [0.2, 0.25) is 0 Å². The second kappa shape index (κ2) is 5.25. The van der Waals surface area contributed by atoms with Crippen molar-refractivity contribution in [2.45, 2.75) is 19.8 Å². The highest BCUT2D eigenvalue weighted by molar-refractivity contribution is 5.96. The molecule has 0 saturated heterocycles.